The molecule has 0 saturated carbocycles. The second-order valence-electron chi connectivity index (χ2n) is 13.9. The Labute approximate surface area is 231 Å². The number of phenols is 2. The highest BCUT2D eigenvalue weighted by Gasteiger charge is 2.22. The lowest BCUT2D eigenvalue weighted by Crippen LogP contribution is -2.37. The van der Waals surface area contributed by atoms with Crippen molar-refractivity contribution < 1.29 is 10.2 Å². The minimum Gasteiger partial charge on any atom is -0.507 e. The molecule has 0 radical (unpaired) electrons. The van der Waals surface area contributed by atoms with Crippen LogP contribution in [0.15, 0.2) is 24.3 Å². The monoisotopic (exact) mass is 524 g/mol. The zero-order valence-corrected chi connectivity index (χ0v) is 25.1. The van der Waals surface area contributed by atoms with E-state index >= 15 is 0 Å². The molecule has 1 heterocycles. The third-order valence-corrected chi connectivity index (χ3v) is 7.44. The lowest BCUT2D eigenvalue weighted by molar-refractivity contribution is 0.316. The normalized spacial score (nSPS) is 18.6. The van der Waals surface area contributed by atoms with Crippen molar-refractivity contribution in [1.82, 2.24) is 21.3 Å². The standard InChI is InChI=1S/C32H52N4O2/c1-30(2,3)26-12-22-16-33-10-9-11-34-17-23-13-27(31(4,5)6)15-25(29(23)38)19-36-21-32(7,8)20-35-18-24(14-26)28(22)37/h12-15,33-38H,9-11,16-21H2,1-8H3. The van der Waals surface area contributed by atoms with E-state index in [2.05, 4.69) is 101 Å². The van der Waals surface area contributed by atoms with Gasteiger partial charge < -0.3 is 31.5 Å². The number of hydrogen-bond donors (Lipinski definition) is 6. The molecule has 0 atom stereocenters. The summed E-state index contributed by atoms with van der Waals surface area (Å²) in [7, 11) is 0. The van der Waals surface area contributed by atoms with Gasteiger partial charge in [-0.25, -0.2) is 0 Å². The van der Waals surface area contributed by atoms with Gasteiger partial charge in [0, 0.05) is 61.5 Å². The van der Waals surface area contributed by atoms with Crippen LogP contribution in [0.1, 0.15) is 95.2 Å². The van der Waals surface area contributed by atoms with E-state index < -0.39 is 0 Å². The average Bonchev–Trinajstić information content (AvgIpc) is 2.80. The second-order valence-corrected chi connectivity index (χ2v) is 13.9. The molecule has 3 rings (SSSR count). The van der Waals surface area contributed by atoms with Gasteiger partial charge in [-0.2, -0.15) is 0 Å². The number of benzene rings is 2. The Kier molecular flexibility index (Phi) is 9.91. The summed E-state index contributed by atoms with van der Waals surface area (Å²) in [6.07, 6.45) is 0.956. The number of hydrogen-bond acceptors (Lipinski definition) is 6. The summed E-state index contributed by atoms with van der Waals surface area (Å²) in [6, 6.07) is 8.59. The van der Waals surface area contributed by atoms with Crippen molar-refractivity contribution in [3.63, 3.8) is 0 Å². The lowest BCUT2D eigenvalue weighted by atomic mass is 9.84. The molecular formula is C32H52N4O2. The van der Waals surface area contributed by atoms with E-state index in [4.69, 9.17) is 0 Å². The van der Waals surface area contributed by atoms with E-state index in [1.54, 1.807) is 0 Å². The van der Waals surface area contributed by atoms with Gasteiger partial charge in [-0.05, 0) is 46.9 Å². The first-order chi connectivity index (χ1) is 17.7. The summed E-state index contributed by atoms with van der Waals surface area (Å²) in [5, 5.41) is 36.4. The average molecular weight is 525 g/mol. The molecule has 212 valence electrons. The van der Waals surface area contributed by atoms with Crippen molar-refractivity contribution >= 4 is 0 Å². The van der Waals surface area contributed by atoms with E-state index in [1.165, 1.54) is 11.1 Å². The molecule has 6 nitrogen and oxygen atoms in total. The maximum Gasteiger partial charge on any atom is 0.124 e. The molecule has 0 amide bonds. The van der Waals surface area contributed by atoms with Crippen LogP contribution >= 0.6 is 0 Å². The first-order valence-electron chi connectivity index (χ1n) is 14.2. The van der Waals surface area contributed by atoms with Crippen molar-refractivity contribution in [2.75, 3.05) is 26.2 Å². The Hall–Kier alpha value is -2.12. The van der Waals surface area contributed by atoms with Crippen LogP contribution in [0.4, 0.5) is 0 Å². The van der Waals surface area contributed by atoms with Gasteiger partial charge in [0.2, 0.25) is 0 Å². The van der Waals surface area contributed by atoms with Crippen LogP contribution < -0.4 is 21.3 Å². The number of phenolic OH excluding ortho intramolecular Hbond substituents is 2. The molecule has 0 aromatic heterocycles. The molecule has 0 saturated heterocycles. The van der Waals surface area contributed by atoms with Gasteiger partial charge in [0.05, 0.1) is 0 Å². The van der Waals surface area contributed by atoms with Crippen molar-refractivity contribution in [2.45, 2.75) is 98.8 Å². The third kappa shape index (κ3) is 8.44. The topological polar surface area (TPSA) is 88.6 Å². The van der Waals surface area contributed by atoms with Crippen molar-refractivity contribution in [3.8, 4) is 11.5 Å². The highest BCUT2D eigenvalue weighted by atomic mass is 16.3. The third-order valence-electron chi connectivity index (χ3n) is 7.44. The molecule has 1 aliphatic rings. The molecule has 0 spiro atoms. The first kappa shape index (κ1) is 30.4. The van der Waals surface area contributed by atoms with E-state index in [0.717, 1.165) is 54.9 Å². The Morgan fingerprint density at radius 2 is 0.895 bits per heavy atom. The fraction of sp³-hybridized carbons (Fsp3) is 0.625. The molecule has 6 N–H and O–H groups in total. The summed E-state index contributed by atoms with van der Waals surface area (Å²) in [5.41, 5.74) is 6.29. The fourth-order valence-electron chi connectivity index (χ4n) is 4.84. The van der Waals surface area contributed by atoms with Gasteiger partial charge in [-0.1, -0.05) is 79.7 Å². The quantitative estimate of drug-likeness (QED) is 0.285. The van der Waals surface area contributed by atoms with Gasteiger partial charge in [-0.3, -0.25) is 0 Å². The van der Waals surface area contributed by atoms with Gasteiger partial charge in [-0.15, -0.1) is 0 Å². The zero-order valence-electron chi connectivity index (χ0n) is 25.1. The molecule has 2 aromatic carbocycles. The van der Waals surface area contributed by atoms with Crippen LogP contribution in [0, 0.1) is 5.41 Å². The molecule has 4 bridgehead atoms. The predicted molar refractivity (Wildman–Crippen MR) is 159 cm³/mol. The Balaban J connectivity index is 1.83. The van der Waals surface area contributed by atoms with E-state index in [-0.39, 0.29) is 16.2 Å². The fourth-order valence-corrected chi connectivity index (χ4v) is 4.84. The number of aromatic hydroxyl groups is 2. The molecule has 0 aliphatic carbocycles. The molecule has 6 heteroatoms. The Morgan fingerprint density at radius 3 is 1.21 bits per heavy atom. The van der Waals surface area contributed by atoms with Crippen molar-refractivity contribution in [3.05, 3.63) is 57.6 Å². The highest BCUT2D eigenvalue weighted by Crippen LogP contribution is 2.33. The summed E-state index contributed by atoms with van der Waals surface area (Å²) in [5.74, 6) is 0.787. The highest BCUT2D eigenvalue weighted by molar-refractivity contribution is 5.46. The summed E-state index contributed by atoms with van der Waals surface area (Å²) in [6.45, 7) is 23.6. The van der Waals surface area contributed by atoms with Crippen LogP contribution in [0.25, 0.3) is 0 Å². The van der Waals surface area contributed by atoms with Crippen LogP contribution in [-0.2, 0) is 37.0 Å². The number of nitrogens with one attached hydrogen (secondary N) is 4. The molecular weight excluding hydrogens is 472 g/mol. The minimum atomic E-state index is -0.00980. The minimum absolute atomic E-state index is 0.00632. The summed E-state index contributed by atoms with van der Waals surface area (Å²) < 4.78 is 0. The molecule has 0 unspecified atom stereocenters. The SMILES string of the molecule is CC1(C)CNCc2cc(C(C)(C)C)cc(c2O)CNCCCNCc2cc(C(C)(C)C)cc(c2O)CNC1. The molecule has 2 aromatic rings. The van der Waals surface area contributed by atoms with Gasteiger partial charge in [0.1, 0.15) is 11.5 Å². The molecule has 38 heavy (non-hydrogen) atoms. The van der Waals surface area contributed by atoms with Gasteiger partial charge >= 0.3 is 0 Å². The predicted octanol–water partition coefficient (Wildman–Crippen LogP) is 5.18. The van der Waals surface area contributed by atoms with Crippen molar-refractivity contribution in [1.29, 1.82) is 0 Å². The van der Waals surface area contributed by atoms with Crippen LogP contribution in [-0.4, -0.2) is 36.4 Å². The van der Waals surface area contributed by atoms with E-state index in [0.29, 0.717) is 37.7 Å². The second kappa shape index (κ2) is 12.4. The smallest absolute Gasteiger partial charge is 0.124 e. The zero-order chi connectivity index (χ0) is 28.1. The molecule has 1 aliphatic heterocycles. The van der Waals surface area contributed by atoms with Crippen LogP contribution in [0.5, 0.6) is 11.5 Å². The maximum absolute atomic E-state index is 11.1. The first-order valence-corrected chi connectivity index (χ1v) is 14.2. The lowest BCUT2D eigenvalue weighted by Gasteiger charge is -2.27. The number of fused-ring (bicyclic) bond motifs is 4. The Morgan fingerprint density at radius 1 is 0.579 bits per heavy atom. The van der Waals surface area contributed by atoms with Gasteiger partial charge in [0.25, 0.3) is 0 Å². The van der Waals surface area contributed by atoms with Crippen molar-refractivity contribution in [2.24, 2.45) is 5.41 Å². The number of rotatable bonds is 0. The van der Waals surface area contributed by atoms with Crippen LogP contribution in [0.2, 0.25) is 0 Å². The summed E-state index contributed by atoms with van der Waals surface area (Å²) in [4.78, 5) is 0. The largest absolute Gasteiger partial charge is 0.507 e. The maximum atomic E-state index is 11.1. The van der Waals surface area contributed by atoms with E-state index in [9.17, 15) is 10.2 Å². The van der Waals surface area contributed by atoms with Crippen LogP contribution in [0.3, 0.4) is 0 Å². The van der Waals surface area contributed by atoms with Gasteiger partial charge in [0.15, 0.2) is 0 Å². The molecule has 0 fully saturated rings. The van der Waals surface area contributed by atoms with E-state index in [1.807, 2.05) is 0 Å². The Bertz CT molecular complexity index is 997. The summed E-state index contributed by atoms with van der Waals surface area (Å²) >= 11 is 0.